The fraction of sp³-hybridized carbons (Fsp3) is 0.812. The highest BCUT2D eigenvalue weighted by atomic mass is 16.2. The van der Waals surface area contributed by atoms with Gasteiger partial charge in [0, 0.05) is 13.1 Å². The molecular weight excluding hydrogens is 236 g/mol. The van der Waals surface area contributed by atoms with Crippen LogP contribution in [-0.2, 0) is 0 Å². The number of nitrogens with zero attached hydrogens (tertiary/aromatic N) is 1. The van der Waals surface area contributed by atoms with Crippen LogP contribution in [0.5, 0.6) is 0 Å². The molecule has 0 unspecified atom stereocenters. The average molecular weight is 268 g/mol. The van der Waals surface area contributed by atoms with Crippen LogP contribution < -0.4 is 5.73 Å². The van der Waals surface area contributed by atoms with Gasteiger partial charge in [-0.1, -0.05) is 58.6 Å². The van der Waals surface area contributed by atoms with E-state index in [1.165, 1.54) is 31.3 Å². The first-order valence-electron chi connectivity index (χ1n) is 7.76. The number of primary amides is 1. The van der Waals surface area contributed by atoms with Gasteiger partial charge in [-0.2, -0.15) is 0 Å². The minimum absolute atomic E-state index is 0.312. The van der Waals surface area contributed by atoms with Gasteiger partial charge in [-0.25, -0.2) is 4.79 Å². The molecule has 0 aliphatic carbocycles. The first kappa shape index (κ1) is 18.0. The van der Waals surface area contributed by atoms with E-state index >= 15 is 0 Å². The topological polar surface area (TPSA) is 46.3 Å². The molecule has 0 aromatic rings. The van der Waals surface area contributed by atoms with E-state index in [0.717, 1.165) is 31.7 Å². The van der Waals surface area contributed by atoms with Crippen LogP contribution in [0.25, 0.3) is 0 Å². The molecule has 112 valence electrons. The second-order valence-electron chi connectivity index (χ2n) is 5.47. The fourth-order valence-corrected chi connectivity index (χ4v) is 2.57. The smallest absolute Gasteiger partial charge is 0.314 e. The number of hydrogen-bond acceptors (Lipinski definition) is 1. The Balaban J connectivity index is 4.09. The minimum atomic E-state index is -0.312. The predicted octanol–water partition coefficient (Wildman–Crippen LogP) is 4.33. The molecule has 19 heavy (non-hydrogen) atoms. The molecule has 0 aromatic carbocycles. The maximum atomic E-state index is 11.2. The Morgan fingerprint density at radius 1 is 1.11 bits per heavy atom. The fourth-order valence-electron chi connectivity index (χ4n) is 2.57. The number of carbonyl (C=O) groups is 1. The molecule has 0 rings (SSSR count). The Labute approximate surface area is 119 Å². The van der Waals surface area contributed by atoms with Crippen molar-refractivity contribution in [2.24, 2.45) is 11.7 Å². The lowest BCUT2D eigenvalue weighted by Gasteiger charge is -2.22. The molecule has 3 nitrogen and oxygen atoms in total. The number of urea groups is 1. The molecule has 0 radical (unpaired) electrons. The van der Waals surface area contributed by atoms with E-state index in [2.05, 4.69) is 27.4 Å². The van der Waals surface area contributed by atoms with Crippen LogP contribution in [0, 0.1) is 5.92 Å². The number of rotatable bonds is 11. The highest BCUT2D eigenvalue weighted by molar-refractivity contribution is 5.71. The van der Waals surface area contributed by atoms with Crippen LogP contribution in [0.1, 0.15) is 65.7 Å². The van der Waals surface area contributed by atoms with Crippen LogP contribution in [0.15, 0.2) is 12.2 Å². The van der Waals surface area contributed by atoms with Crippen LogP contribution in [0.2, 0.25) is 0 Å². The van der Waals surface area contributed by atoms with Crippen molar-refractivity contribution in [1.82, 2.24) is 4.90 Å². The van der Waals surface area contributed by atoms with Gasteiger partial charge in [0.1, 0.15) is 0 Å². The van der Waals surface area contributed by atoms with Crippen LogP contribution in [-0.4, -0.2) is 24.0 Å². The van der Waals surface area contributed by atoms with Crippen molar-refractivity contribution < 1.29 is 4.79 Å². The van der Waals surface area contributed by atoms with Gasteiger partial charge in [-0.05, 0) is 25.2 Å². The summed E-state index contributed by atoms with van der Waals surface area (Å²) < 4.78 is 0. The zero-order chi connectivity index (χ0) is 14.7. The van der Waals surface area contributed by atoms with Crippen molar-refractivity contribution in [2.45, 2.75) is 65.7 Å². The van der Waals surface area contributed by atoms with Crippen molar-refractivity contribution in [1.29, 1.82) is 0 Å². The molecule has 2 N–H and O–H groups in total. The molecule has 0 saturated heterocycles. The highest BCUT2D eigenvalue weighted by Crippen LogP contribution is 2.23. The SMILES string of the molecule is C=C(CCN(CCC)C(N)=O)CC(CCC)CCC. The summed E-state index contributed by atoms with van der Waals surface area (Å²) in [4.78, 5) is 13.0. The Morgan fingerprint density at radius 3 is 2.11 bits per heavy atom. The third-order valence-corrected chi connectivity index (χ3v) is 3.51. The third-order valence-electron chi connectivity index (χ3n) is 3.51. The minimum Gasteiger partial charge on any atom is -0.351 e. The van der Waals surface area contributed by atoms with E-state index in [1.54, 1.807) is 4.90 Å². The Morgan fingerprint density at radius 2 is 1.68 bits per heavy atom. The summed E-state index contributed by atoms with van der Waals surface area (Å²) in [5.74, 6) is 0.760. The Kier molecular flexibility index (Phi) is 10.3. The number of nitrogens with two attached hydrogens (primary N) is 1. The van der Waals surface area contributed by atoms with E-state index in [9.17, 15) is 4.79 Å². The lowest BCUT2D eigenvalue weighted by Crippen LogP contribution is -2.37. The maximum Gasteiger partial charge on any atom is 0.314 e. The third kappa shape index (κ3) is 8.68. The summed E-state index contributed by atoms with van der Waals surface area (Å²) in [6.45, 7) is 12.2. The molecule has 0 bridgehead atoms. The van der Waals surface area contributed by atoms with E-state index in [4.69, 9.17) is 5.73 Å². The predicted molar refractivity (Wildman–Crippen MR) is 83.1 cm³/mol. The quantitative estimate of drug-likeness (QED) is 0.557. The number of carbonyl (C=O) groups excluding carboxylic acids is 1. The first-order valence-corrected chi connectivity index (χ1v) is 7.76. The maximum absolute atomic E-state index is 11.2. The number of amides is 2. The van der Waals surface area contributed by atoms with E-state index < -0.39 is 0 Å². The van der Waals surface area contributed by atoms with Crippen LogP contribution in [0.4, 0.5) is 4.79 Å². The normalized spacial score (nSPS) is 10.7. The second kappa shape index (κ2) is 10.9. The van der Waals surface area contributed by atoms with Crippen molar-refractivity contribution in [2.75, 3.05) is 13.1 Å². The van der Waals surface area contributed by atoms with Gasteiger partial charge in [-0.3, -0.25) is 0 Å². The van der Waals surface area contributed by atoms with Gasteiger partial charge in [0.15, 0.2) is 0 Å². The summed E-state index contributed by atoms with van der Waals surface area (Å²) in [5, 5.41) is 0. The lowest BCUT2D eigenvalue weighted by molar-refractivity contribution is 0.208. The number of hydrogen-bond donors (Lipinski definition) is 1. The molecular formula is C16H32N2O. The Hall–Kier alpha value is -0.990. The molecule has 0 aliphatic rings. The van der Waals surface area contributed by atoms with Gasteiger partial charge >= 0.3 is 6.03 Å². The highest BCUT2D eigenvalue weighted by Gasteiger charge is 2.12. The molecule has 3 heteroatoms. The van der Waals surface area contributed by atoms with E-state index in [1.807, 2.05) is 0 Å². The van der Waals surface area contributed by atoms with Crippen molar-refractivity contribution in [3.8, 4) is 0 Å². The standard InChI is InChI=1S/C16H32N2O/c1-5-8-15(9-6-2)13-14(4)10-12-18(11-7-3)16(17)19/h15H,4-13H2,1-3H3,(H2,17,19). The Bertz CT molecular complexity index is 257. The summed E-state index contributed by atoms with van der Waals surface area (Å²) >= 11 is 0. The molecule has 0 aliphatic heterocycles. The van der Waals surface area contributed by atoms with Gasteiger partial charge in [-0.15, -0.1) is 0 Å². The van der Waals surface area contributed by atoms with E-state index in [0.29, 0.717) is 6.54 Å². The summed E-state index contributed by atoms with van der Waals surface area (Å²) in [5.41, 5.74) is 6.62. The van der Waals surface area contributed by atoms with Gasteiger partial charge < -0.3 is 10.6 Å². The zero-order valence-corrected chi connectivity index (χ0v) is 13.1. The van der Waals surface area contributed by atoms with Gasteiger partial charge in [0.2, 0.25) is 0 Å². The van der Waals surface area contributed by atoms with Crippen LogP contribution in [0.3, 0.4) is 0 Å². The van der Waals surface area contributed by atoms with E-state index in [-0.39, 0.29) is 6.03 Å². The largest absolute Gasteiger partial charge is 0.351 e. The molecule has 0 atom stereocenters. The summed E-state index contributed by atoms with van der Waals surface area (Å²) in [6.07, 6.45) is 7.96. The summed E-state index contributed by atoms with van der Waals surface area (Å²) in [6, 6.07) is -0.312. The van der Waals surface area contributed by atoms with Crippen LogP contribution >= 0.6 is 0 Å². The molecule has 0 spiro atoms. The second-order valence-corrected chi connectivity index (χ2v) is 5.47. The van der Waals surface area contributed by atoms with Gasteiger partial charge in [0.25, 0.3) is 0 Å². The monoisotopic (exact) mass is 268 g/mol. The van der Waals surface area contributed by atoms with Crippen molar-refractivity contribution in [3.63, 3.8) is 0 Å². The molecule has 0 aromatic heterocycles. The zero-order valence-electron chi connectivity index (χ0n) is 13.1. The molecule has 0 fully saturated rings. The van der Waals surface area contributed by atoms with Crippen molar-refractivity contribution >= 4 is 6.03 Å². The van der Waals surface area contributed by atoms with Gasteiger partial charge in [0.05, 0.1) is 0 Å². The average Bonchev–Trinajstić information content (AvgIpc) is 2.34. The molecule has 2 amide bonds. The molecule has 0 heterocycles. The first-order chi connectivity index (χ1) is 9.04. The summed E-state index contributed by atoms with van der Waals surface area (Å²) in [7, 11) is 0. The lowest BCUT2D eigenvalue weighted by atomic mass is 9.90. The molecule has 0 saturated carbocycles. The van der Waals surface area contributed by atoms with Crippen molar-refractivity contribution in [3.05, 3.63) is 12.2 Å².